The van der Waals surface area contributed by atoms with Crippen LogP contribution in [-0.4, -0.2) is 26.4 Å². The number of rotatable bonds is 4. The van der Waals surface area contributed by atoms with Crippen LogP contribution in [0.3, 0.4) is 0 Å². The van der Waals surface area contributed by atoms with Crippen molar-refractivity contribution in [1.82, 2.24) is 0 Å². The maximum Gasteiger partial charge on any atom is 0.167 e. The van der Waals surface area contributed by atoms with Gasteiger partial charge in [0.15, 0.2) is 11.6 Å². The molecule has 0 saturated heterocycles. The molecule has 0 aliphatic heterocycles. The van der Waals surface area contributed by atoms with E-state index in [0.717, 1.165) is 31.4 Å². The Kier molecular flexibility index (Phi) is 4.42. The van der Waals surface area contributed by atoms with Gasteiger partial charge < -0.3 is 14.8 Å². The number of methoxy groups -OCH3 is 2. The Morgan fingerprint density at radius 1 is 1.17 bits per heavy atom. The third-order valence-electron chi connectivity index (χ3n) is 3.53. The molecule has 2 rings (SSSR count). The number of nitrogens with one attached hydrogen (secondary N) is 1. The molecule has 0 unspecified atom stereocenters. The number of benzene rings is 1. The summed E-state index contributed by atoms with van der Waals surface area (Å²) in [5.41, 5.74) is 0.814. The van der Waals surface area contributed by atoms with Crippen LogP contribution in [0.5, 0.6) is 5.75 Å². The number of halogens is 1. The molecular formula is C14H20FNO2. The van der Waals surface area contributed by atoms with Crippen molar-refractivity contribution in [2.24, 2.45) is 0 Å². The molecule has 3 nitrogen and oxygen atoms in total. The molecular weight excluding hydrogens is 233 g/mol. The number of hydrogen-bond donors (Lipinski definition) is 1. The van der Waals surface area contributed by atoms with E-state index in [0.29, 0.717) is 12.1 Å². The maximum atomic E-state index is 13.5. The van der Waals surface area contributed by atoms with E-state index in [-0.39, 0.29) is 11.6 Å². The summed E-state index contributed by atoms with van der Waals surface area (Å²) in [5.74, 6) is -0.0447. The lowest BCUT2D eigenvalue weighted by molar-refractivity contribution is 0.0682. The lowest BCUT2D eigenvalue weighted by Crippen LogP contribution is -2.29. The first-order valence-corrected chi connectivity index (χ1v) is 6.36. The van der Waals surface area contributed by atoms with Crippen LogP contribution in [0.1, 0.15) is 25.7 Å². The number of anilines is 1. The molecule has 1 aromatic rings. The summed E-state index contributed by atoms with van der Waals surface area (Å²) in [6.45, 7) is 0. The molecule has 1 N–H and O–H groups in total. The number of ether oxygens (including phenoxy) is 2. The molecule has 1 aliphatic carbocycles. The van der Waals surface area contributed by atoms with Crippen LogP contribution in [0.15, 0.2) is 18.2 Å². The SMILES string of the molecule is COc1ccc(NC2CCC(OC)CC2)cc1F. The Hall–Kier alpha value is -1.29. The van der Waals surface area contributed by atoms with Crippen molar-refractivity contribution in [1.29, 1.82) is 0 Å². The summed E-state index contributed by atoms with van der Waals surface area (Å²) in [6.07, 6.45) is 4.63. The Balaban J connectivity index is 1.92. The predicted molar refractivity (Wildman–Crippen MR) is 69.6 cm³/mol. The van der Waals surface area contributed by atoms with E-state index in [1.54, 1.807) is 13.2 Å². The molecule has 0 bridgehead atoms. The largest absolute Gasteiger partial charge is 0.494 e. The summed E-state index contributed by atoms with van der Waals surface area (Å²) in [6, 6.07) is 5.40. The zero-order valence-electron chi connectivity index (χ0n) is 10.9. The summed E-state index contributed by atoms with van der Waals surface area (Å²) in [7, 11) is 3.23. The smallest absolute Gasteiger partial charge is 0.167 e. The summed E-state index contributed by atoms with van der Waals surface area (Å²) in [5, 5.41) is 3.37. The van der Waals surface area contributed by atoms with Gasteiger partial charge in [0.1, 0.15) is 0 Å². The standard InChI is InChI=1S/C14H20FNO2/c1-17-12-6-3-10(4-7-12)16-11-5-8-14(18-2)13(15)9-11/h5,8-10,12,16H,3-4,6-7H2,1-2H3. The van der Waals surface area contributed by atoms with Crippen molar-refractivity contribution < 1.29 is 13.9 Å². The topological polar surface area (TPSA) is 30.5 Å². The van der Waals surface area contributed by atoms with E-state index < -0.39 is 0 Å². The highest BCUT2D eigenvalue weighted by atomic mass is 19.1. The van der Waals surface area contributed by atoms with E-state index in [2.05, 4.69) is 5.32 Å². The quantitative estimate of drug-likeness (QED) is 0.893. The average molecular weight is 253 g/mol. The van der Waals surface area contributed by atoms with Crippen molar-refractivity contribution in [2.75, 3.05) is 19.5 Å². The molecule has 1 saturated carbocycles. The average Bonchev–Trinajstić information content (AvgIpc) is 2.40. The minimum atomic E-state index is -0.326. The second kappa shape index (κ2) is 6.05. The molecule has 0 amide bonds. The fraction of sp³-hybridized carbons (Fsp3) is 0.571. The molecule has 0 radical (unpaired) electrons. The van der Waals surface area contributed by atoms with E-state index in [1.807, 2.05) is 6.07 Å². The first-order chi connectivity index (χ1) is 8.72. The molecule has 1 aliphatic rings. The van der Waals surface area contributed by atoms with Gasteiger partial charge >= 0.3 is 0 Å². The maximum absolute atomic E-state index is 13.5. The highest BCUT2D eigenvalue weighted by Crippen LogP contribution is 2.26. The molecule has 18 heavy (non-hydrogen) atoms. The summed E-state index contributed by atoms with van der Waals surface area (Å²) < 4.78 is 23.8. The van der Waals surface area contributed by atoms with Gasteiger partial charge in [0.25, 0.3) is 0 Å². The van der Waals surface area contributed by atoms with Crippen LogP contribution in [0, 0.1) is 5.82 Å². The summed E-state index contributed by atoms with van der Waals surface area (Å²) in [4.78, 5) is 0. The van der Waals surface area contributed by atoms with Crippen LogP contribution in [0.2, 0.25) is 0 Å². The first-order valence-electron chi connectivity index (χ1n) is 6.36. The van der Waals surface area contributed by atoms with Crippen molar-refractivity contribution >= 4 is 5.69 Å². The second-order valence-corrected chi connectivity index (χ2v) is 4.70. The fourth-order valence-electron chi connectivity index (χ4n) is 2.43. The van der Waals surface area contributed by atoms with Crippen LogP contribution in [0.25, 0.3) is 0 Å². The van der Waals surface area contributed by atoms with Crippen LogP contribution >= 0.6 is 0 Å². The molecule has 1 fully saturated rings. The summed E-state index contributed by atoms with van der Waals surface area (Å²) >= 11 is 0. The third-order valence-corrected chi connectivity index (χ3v) is 3.53. The van der Waals surface area contributed by atoms with Crippen LogP contribution in [-0.2, 0) is 4.74 Å². The predicted octanol–water partition coefficient (Wildman–Crippen LogP) is 3.20. The molecule has 1 aromatic carbocycles. The minimum Gasteiger partial charge on any atom is -0.494 e. The molecule has 0 aromatic heterocycles. The number of hydrogen-bond acceptors (Lipinski definition) is 3. The monoisotopic (exact) mass is 253 g/mol. The second-order valence-electron chi connectivity index (χ2n) is 4.70. The van der Waals surface area contributed by atoms with E-state index in [4.69, 9.17) is 9.47 Å². The zero-order chi connectivity index (χ0) is 13.0. The third kappa shape index (κ3) is 3.13. The van der Waals surface area contributed by atoms with Gasteiger partial charge in [0.2, 0.25) is 0 Å². The van der Waals surface area contributed by atoms with Gasteiger partial charge in [-0.25, -0.2) is 4.39 Å². The van der Waals surface area contributed by atoms with Crippen LogP contribution < -0.4 is 10.1 Å². The molecule has 100 valence electrons. The zero-order valence-corrected chi connectivity index (χ0v) is 10.9. The van der Waals surface area contributed by atoms with Crippen molar-refractivity contribution in [3.8, 4) is 5.75 Å². The lowest BCUT2D eigenvalue weighted by atomic mass is 9.93. The van der Waals surface area contributed by atoms with Crippen molar-refractivity contribution in [3.05, 3.63) is 24.0 Å². The lowest BCUT2D eigenvalue weighted by Gasteiger charge is -2.29. The Labute approximate surface area is 107 Å². The molecule has 0 atom stereocenters. The van der Waals surface area contributed by atoms with Gasteiger partial charge in [0, 0.05) is 24.9 Å². The van der Waals surface area contributed by atoms with E-state index in [9.17, 15) is 4.39 Å². The van der Waals surface area contributed by atoms with Crippen molar-refractivity contribution in [2.45, 2.75) is 37.8 Å². The van der Waals surface area contributed by atoms with Gasteiger partial charge in [-0.2, -0.15) is 0 Å². The molecule has 0 heterocycles. The van der Waals surface area contributed by atoms with Gasteiger partial charge in [-0.05, 0) is 37.8 Å². The van der Waals surface area contributed by atoms with E-state index >= 15 is 0 Å². The highest BCUT2D eigenvalue weighted by Gasteiger charge is 2.20. The van der Waals surface area contributed by atoms with E-state index in [1.165, 1.54) is 13.2 Å². The van der Waals surface area contributed by atoms with Crippen molar-refractivity contribution in [3.63, 3.8) is 0 Å². The Morgan fingerprint density at radius 2 is 1.89 bits per heavy atom. The normalized spacial score (nSPS) is 23.7. The highest BCUT2D eigenvalue weighted by molar-refractivity contribution is 5.48. The Bertz CT molecular complexity index is 389. The molecule has 4 heteroatoms. The van der Waals surface area contributed by atoms with Crippen LogP contribution in [0.4, 0.5) is 10.1 Å². The Morgan fingerprint density at radius 3 is 2.44 bits per heavy atom. The van der Waals surface area contributed by atoms with Gasteiger partial charge in [-0.15, -0.1) is 0 Å². The minimum absolute atomic E-state index is 0.281. The van der Waals surface area contributed by atoms with Gasteiger partial charge in [-0.3, -0.25) is 0 Å². The van der Waals surface area contributed by atoms with Gasteiger partial charge in [0.05, 0.1) is 13.2 Å². The fourth-order valence-corrected chi connectivity index (χ4v) is 2.43. The molecule has 0 spiro atoms. The van der Waals surface area contributed by atoms with Gasteiger partial charge in [-0.1, -0.05) is 0 Å². The first kappa shape index (κ1) is 13.1.